The van der Waals surface area contributed by atoms with Gasteiger partial charge in [-0.05, 0) is 17.1 Å². The Morgan fingerprint density at radius 1 is 1.06 bits per heavy atom. The first kappa shape index (κ1) is 11.3. The van der Waals surface area contributed by atoms with Crippen LogP contribution in [0.15, 0.2) is 30.3 Å². The van der Waals surface area contributed by atoms with Gasteiger partial charge in [0.2, 0.25) is 0 Å². The topological polar surface area (TPSA) is 99.1 Å². The van der Waals surface area contributed by atoms with Gasteiger partial charge in [0.05, 0.1) is 0 Å². The molecule has 2 amide bonds. The third kappa shape index (κ3) is 2.02. The number of rotatable bonds is 3. The first-order chi connectivity index (χ1) is 8.11. The molecule has 2 aromatic rings. The minimum absolute atomic E-state index is 0.0787. The van der Waals surface area contributed by atoms with Crippen molar-refractivity contribution in [2.75, 3.05) is 0 Å². The Hall–Kier alpha value is -2.21. The number of benzene rings is 1. The van der Waals surface area contributed by atoms with Crippen molar-refractivity contribution in [2.24, 2.45) is 11.5 Å². The standard InChI is InChI=1S/C11H9N3O2S/c12-10(15)8-7(6-4-2-1-3-5-6)9(11(13)16)17-14-8/h1-5H,(H2,12,15)(H2,13,16). The number of nitrogens with zero attached hydrogens (tertiary/aromatic N) is 1. The summed E-state index contributed by atoms with van der Waals surface area (Å²) in [6.45, 7) is 0. The molecule has 0 radical (unpaired) electrons. The molecule has 5 nitrogen and oxygen atoms in total. The predicted molar refractivity (Wildman–Crippen MR) is 64.6 cm³/mol. The van der Waals surface area contributed by atoms with Crippen molar-refractivity contribution in [2.45, 2.75) is 0 Å². The zero-order chi connectivity index (χ0) is 12.4. The lowest BCUT2D eigenvalue weighted by atomic mass is 10.0. The number of hydrogen-bond donors (Lipinski definition) is 2. The fourth-order valence-electron chi connectivity index (χ4n) is 1.50. The van der Waals surface area contributed by atoms with E-state index in [1.54, 1.807) is 24.3 Å². The van der Waals surface area contributed by atoms with Crippen LogP contribution in [0, 0.1) is 0 Å². The average Bonchev–Trinajstić information content (AvgIpc) is 2.74. The van der Waals surface area contributed by atoms with Crippen LogP contribution in [-0.2, 0) is 0 Å². The maximum absolute atomic E-state index is 11.3. The molecular formula is C11H9N3O2S. The van der Waals surface area contributed by atoms with E-state index in [0.717, 1.165) is 11.5 Å². The Balaban J connectivity index is 2.69. The van der Waals surface area contributed by atoms with Crippen molar-refractivity contribution < 1.29 is 9.59 Å². The Labute approximate surface area is 101 Å². The zero-order valence-electron chi connectivity index (χ0n) is 8.71. The largest absolute Gasteiger partial charge is 0.365 e. The smallest absolute Gasteiger partial charge is 0.269 e. The lowest BCUT2D eigenvalue weighted by Gasteiger charge is -2.01. The molecule has 0 aliphatic carbocycles. The summed E-state index contributed by atoms with van der Waals surface area (Å²) < 4.78 is 3.88. The molecule has 0 unspecified atom stereocenters. The van der Waals surface area contributed by atoms with Crippen molar-refractivity contribution in [3.8, 4) is 11.1 Å². The number of nitrogens with two attached hydrogens (primary N) is 2. The molecule has 0 aliphatic heterocycles. The lowest BCUT2D eigenvalue weighted by Crippen LogP contribution is -2.14. The van der Waals surface area contributed by atoms with E-state index >= 15 is 0 Å². The van der Waals surface area contributed by atoms with Gasteiger partial charge in [0.15, 0.2) is 0 Å². The number of primary amides is 2. The van der Waals surface area contributed by atoms with Gasteiger partial charge in [0, 0.05) is 5.56 Å². The van der Waals surface area contributed by atoms with Crippen LogP contribution in [0.25, 0.3) is 11.1 Å². The molecular weight excluding hydrogens is 238 g/mol. The van der Waals surface area contributed by atoms with E-state index in [1.165, 1.54) is 0 Å². The van der Waals surface area contributed by atoms with Crippen LogP contribution in [0.2, 0.25) is 0 Å². The first-order valence-corrected chi connectivity index (χ1v) is 5.53. The average molecular weight is 247 g/mol. The van der Waals surface area contributed by atoms with Crippen molar-refractivity contribution >= 4 is 23.3 Å². The fourth-order valence-corrected chi connectivity index (χ4v) is 2.26. The molecule has 6 heteroatoms. The summed E-state index contributed by atoms with van der Waals surface area (Å²) in [5, 5.41) is 0. The summed E-state index contributed by atoms with van der Waals surface area (Å²) >= 11 is 0.882. The van der Waals surface area contributed by atoms with Crippen molar-refractivity contribution in [3.63, 3.8) is 0 Å². The van der Waals surface area contributed by atoms with Gasteiger partial charge in [0.25, 0.3) is 11.8 Å². The summed E-state index contributed by atoms with van der Waals surface area (Å²) in [5.74, 6) is -1.29. The number of amides is 2. The second-order valence-corrected chi connectivity index (χ2v) is 4.10. The molecule has 1 heterocycles. The number of carbonyl (C=O) groups is 2. The highest BCUT2D eigenvalue weighted by Crippen LogP contribution is 2.29. The second-order valence-electron chi connectivity index (χ2n) is 3.33. The van der Waals surface area contributed by atoms with Gasteiger partial charge in [-0.15, -0.1) is 0 Å². The molecule has 0 saturated heterocycles. The molecule has 0 saturated carbocycles. The summed E-state index contributed by atoms with van der Waals surface area (Å²) in [4.78, 5) is 22.8. The van der Waals surface area contributed by atoms with Crippen molar-refractivity contribution in [3.05, 3.63) is 40.9 Å². The Kier molecular flexibility index (Phi) is 2.88. The molecule has 1 aromatic heterocycles. The van der Waals surface area contributed by atoms with Gasteiger partial charge in [-0.2, -0.15) is 4.37 Å². The predicted octanol–water partition coefficient (Wildman–Crippen LogP) is 1.01. The Morgan fingerprint density at radius 3 is 2.24 bits per heavy atom. The van der Waals surface area contributed by atoms with Crippen LogP contribution in [0.5, 0.6) is 0 Å². The molecule has 17 heavy (non-hydrogen) atoms. The molecule has 86 valence electrons. The van der Waals surface area contributed by atoms with Gasteiger partial charge in [0.1, 0.15) is 10.6 Å². The van der Waals surface area contributed by atoms with Crippen LogP contribution >= 0.6 is 11.5 Å². The maximum Gasteiger partial charge on any atom is 0.269 e. The highest BCUT2D eigenvalue weighted by molar-refractivity contribution is 7.08. The van der Waals surface area contributed by atoms with Crippen molar-refractivity contribution in [1.82, 2.24) is 4.37 Å². The minimum Gasteiger partial charge on any atom is -0.365 e. The van der Waals surface area contributed by atoms with Crippen LogP contribution < -0.4 is 11.5 Å². The molecule has 0 spiro atoms. The molecule has 0 aliphatic rings. The molecule has 0 fully saturated rings. The third-order valence-electron chi connectivity index (χ3n) is 2.21. The fraction of sp³-hybridized carbons (Fsp3) is 0. The van der Waals surface area contributed by atoms with E-state index < -0.39 is 11.8 Å². The van der Waals surface area contributed by atoms with E-state index in [2.05, 4.69) is 4.37 Å². The van der Waals surface area contributed by atoms with E-state index in [9.17, 15) is 9.59 Å². The van der Waals surface area contributed by atoms with Crippen LogP contribution in [0.4, 0.5) is 0 Å². The van der Waals surface area contributed by atoms with Gasteiger partial charge in [-0.1, -0.05) is 30.3 Å². The number of carbonyl (C=O) groups excluding carboxylic acids is 2. The monoisotopic (exact) mass is 247 g/mol. The van der Waals surface area contributed by atoms with Crippen molar-refractivity contribution in [1.29, 1.82) is 0 Å². The normalized spacial score (nSPS) is 10.1. The van der Waals surface area contributed by atoms with Crippen LogP contribution in [0.1, 0.15) is 20.2 Å². The lowest BCUT2D eigenvalue weighted by molar-refractivity contribution is 0.0995. The molecule has 1 aromatic carbocycles. The quantitative estimate of drug-likeness (QED) is 0.846. The van der Waals surface area contributed by atoms with Gasteiger partial charge in [-0.3, -0.25) is 9.59 Å². The van der Waals surface area contributed by atoms with Gasteiger partial charge < -0.3 is 11.5 Å². The molecule has 4 N–H and O–H groups in total. The highest BCUT2D eigenvalue weighted by Gasteiger charge is 2.22. The van der Waals surface area contributed by atoms with E-state index in [4.69, 9.17) is 11.5 Å². The number of aromatic nitrogens is 1. The number of hydrogen-bond acceptors (Lipinski definition) is 4. The van der Waals surface area contributed by atoms with Gasteiger partial charge in [-0.25, -0.2) is 0 Å². The van der Waals surface area contributed by atoms with E-state index in [0.29, 0.717) is 11.1 Å². The third-order valence-corrected chi connectivity index (χ3v) is 3.07. The first-order valence-electron chi connectivity index (χ1n) is 4.76. The van der Waals surface area contributed by atoms with Crippen LogP contribution in [0.3, 0.4) is 0 Å². The van der Waals surface area contributed by atoms with E-state index in [-0.39, 0.29) is 10.6 Å². The highest BCUT2D eigenvalue weighted by atomic mass is 32.1. The van der Waals surface area contributed by atoms with Crippen LogP contribution in [-0.4, -0.2) is 16.2 Å². The SMILES string of the molecule is NC(=O)c1nsc(C(N)=O)c1-c1ccccc1. The summed E-state index contributed by atoms with van der Waals surface area (Å²) in [5.41, 5.74) is 11.7. The Bertz CT molecular complexity index is 546. The summed E-state index contributed by atoms with van der Waals surface area (Å²) in [7, 11) is 0. The minimum atomic E-state index is -0.674. The van der Waals surface area contributed by atoms with Gasteiger partial charge >= 0.3 is 0 Å². The molecule has 0 atom stereocenters. The second kappa shape index (κ2) is 4.34. The Morgan fingerprint density at radius 2 is 1.71 bits per heavy atom. The summed E-state index contributed by atoms with van der Waals surface area (Å²) in [6, 6.07) is 8.95. The zero-order valence-corrected chi connectivity index (χ0v) is 9.53. The van der Waals surface area contributed by atoms with E-state index in [1.807, 2.05) is 6.07 Å². The molecule has 2 rings (SSSR count). The summed E-state index contributed by atoms with van der Waals surface area (Å²) in [6.07, 6.45) is 0. The molecule has 0 bridgehead atoms. The maximum atomic E-state index is 11.3.